The Morgan fingerprint density at radius 3 is 2.74 bits per heavy atom. The number of aromatic nitrogens is 2. The zero-order chi connectivity index (χ0) is 13.8. The molecule has 0 amide bonds. The zero-order valence-electron chi connectivity index (χ0n) is 11.7. The van der Waals surface area contributed by atoms with Gasteiger partial charge >= 0.3 is 0 Å². The summed E-state index contributed by atoms with van der Waals surface area (Å²) in [5, 5.41) is 1.05. The highest BCUT2D eigenvalue weighted by molar-refractivity contribution is 5.90. The lowest BCUT2D eigenvalue weighted by Gasteiger charge is -2.23. The molecular weight excluding hydrogens is 238 g/mol. The van der Waals surface area contributed by atoms with Gasteiger partial charge in [0.15, 0.2) is 0 Å². The van der Waals surface area contributed by atoms with E-state index in [-0.39, 0.29) is 0 Å². The molecule has 0 saturated carbocycles. The van der Waals surface area contributed by atoms with Crippen LogP contribution in [0.2, 0.25) is 0 Å². The first-order chi connectivity index (χ1) is 9.15. The molecule has 0 radical (unpaired) electrons. The molecule has 3 N–H and O–H groups in total. The largest absolute Gasteiger partial charge is 0.359 e. The lowest BCUT2D eigenvalue weighted by molar-refractivity contribution is 0.558. The monoisotopic (exact) mass is 259 g/mol. The first-order valence-electron chi connectivity index (χ1n) is 6.60. The van der Waals surface area contributed by atoms with Crippen molar-refractivity contribution >= 4 is 22.7 Å². The number of benzene rings is 1. The van der Waals surface area contributed by atoms with Crippen LogP contribution in [-0.4, -0.2) is 23.6 Å². The van der Waals surface area contributed by atoms with E-state index in [0.717, 1.165) is 29.7 Å². The van der Waals surface area contributed by atoms with Gasteiger partial charge in [-0.1, -0.05) is 32.4 Å². The Kier molecular flexibility index (Phi) is 4.16. The quantitative estimate of drug-likeness (QED) is 0.637. The number of nitrogens with two attached hydrogens (primary N) is 1. The Bertz CT molecular complexity index is 555. The van der Waals surface area contributed by atoms with Crippen molar-refractivity contribution in [3.8, 4) is 0 Å². The van der Waals surface area contributed by atoms with E-state index < -0.39 is 0 Å². The van der Waals surface area contributed by atoms with Crippen molar-refractivity contribution in [1.29, 1.82) is 0 Å². The standard InChI is InChI=1S/C14H21N5/c1-4-10(2)9-19(3)13-11-7-5-6-8-12(11)16-14(17-13)18-15/h5-8,10H,4,9,15H2,1-3H3,(H,16,17,18). The van der Waals surface area contributed by atoms with Crippen LogP contribution in [-0.2, 0) is 0 Å². The minimum absolute atomic E-state index is 0.449. The van der Waals surface area contributed by atoms with Crippen LogP contribution >= 0.6 is 0 Å². The van der Waals surface area contributed by atoms with Crippen molar-refractivity contribution in [1.82, 2.24) is 9.97 Å². The summed E-state index contributed by atoms with van der Waals surface area (Å²) in [6.45, 7) is 5.40. The number of hydrogen-bond donors (Lipinski definition) is 2. The highest BCUT2D eigenvalue weighted by Gasteiger charge is 2.12. The maximum Gasteiger partial charge on any atom is 0.239 e. The zero-order valence-corrected chi connectivity index (χ0v) is 11.7. The molecule has 1 unspecified atom stereocenters. The number of fused-ring (bicyclic) bond motifs is 1. The highest BCUT2D eigenvalue weighted by atomic mass is 15.3. The van der Waals surface area contributed by atoms with Gasteiger partial charge in [0, 0.05) is 19.0 Å². The van der Waals surface area contributed by atoms with E-state index in [1.165, 1.54) is 0 Å². The van der Waals surface area contributed by atoms with Crippen molar-refractivity contribution in [2.45, 2.75) is 20.3 Å². The van der Waals surface area contributed by atoms with Crippen LogP contribution in [0.5, 0.6) is 0 Å². The molecule has 0 aliphatic rings. The molecule has 1 aromatic heterocycles. The molecule has 2 rings (SSSR count). The van der Waals surface area contributed by atoms with E-state index in [0.29, 0.717) is 11.9 Å². The molecule has 5 heteroatoms. The molecular formula is C14H21N5. The molecule has 0 aliphatic heterocycles. The van der Waals surface area contributed by atoms with Gasteiger partial charge in [-0.2, -0.15) is 4.98 Å². The van der Waals surface area contributed by atoms with Crippen LogP contribution in [0.25, 0.3) is 10.9 Å². The van der Waals surface area contributed by atoms with Crippen LogP contribution in [0, 0.1) is 5.92 Å². The summed E-state index contributed by atoms with van der Waals surface area (Å²) in [6.07, 6.45) is 1.15. The van der Waals surface area contributed by atoms with Gasteiger partial charge in [0.25, 0.3) is 0 Å². The average molecular weight is 259 g/mol. The van der Waals surface area contributed by atoms with Gasteiger partial charge in [-0.15, -0.1) is 0 Å². The maximum absolute atomic E-state index is 5.44. The molecule has 5 nitrogen and oxygen atoms in total. The van der Waals surface area contributed by atoms with Crippen LogP contribution in [0.4, 0.5) is 11.8 Å². The SMILES string of the molecule is CCC(C)CN(C)c1nc(NN)nc2ccccc12. The summed E-state index contributed by atoms with van der Waals surface area (Å²) < 4.78 is 0. The molecule has 0 fully saturated rings. The first-order valence-corrected chi connectivity index (χ1v) is 6.60. The van der Waals surface area contributed by atoms with Gasteiger partial charge in [-0.3, -0.25) is 5.43 Å². The fraction of sp³-hybridized carbons (Fsp3) is 0.429. The van der Waals surface area contributed by atoms with E-state index in [2.05, 4.69) is 41.2 Å². The minimum atomic E-state index is 0.449. The second-order valence-corrected chi connectivity index (χ2v) is 4.93. The number of nitrogens with zero attached hydrogens (tertiary/aromatic N) is 3. The van der Waals surface area contributed by atoms with E-state index >= 15 is 0 Å². The van der Waals surface area contributed by atoms with Crippen LogP contribution in [0.15, 0.2) is 24.3 Å². The molecule has 0 aliphatic carbocycles. The average Bonchev–Trinajstić information content (AvgIpc) is 2.45. The van der Waals surface area contributed by atoms with E-state index in [1.807, 2.05) is 24.3 Å². The van der Waals surface area contributed by atoms with Gasteiger partial charge in [0.05, 0.1) is 5.52 Å². The van der Waals surface area contributed by atoms with Gasteiger partial charge < -0.3 is 4.90 Å². The van der Waals surface area contributed by atoms with Crippen molar-refractivity contribution < 1.29 is 0 Å². The normalized spacial score (nSPS) is 12.4. The smallest absolute Gasteiger partial charge is 0.239 e. The molecule has 0 saturated heterocycles. The number of nitrogen functional groups attached to an aromatic ring is 1. The summed E-state index contributed by atoms with van der Waals surface area (Å²) in [5.74, 6) is 7.43. The number of hydrogen-bond acceptors (Lipinski definition) is 5. The minimum Gasteiger partial charge on any atom is -0.359 e. The highest BCUT2D eigenvalue weighted by Crippen LogP contribution is 2.25. The third-order valence-electron chi connectivity index (χ3n) is 3.36. The number of anilines is 2. The summed E-state index contributed by atoms with van der Waals surface area (Å²) in [5.41, 5.74) is 3.43. The first kappa shape index (κ1) is 13.5. The van der Waals surface area contributed by atoms with Gasteiger partial charge in [-0.05, 0) is 18.1 Å². The molecule has 1 heterocycles. The summed E-state index contributed by atoms with van der Waals surface area (Å²) in [7, 11) is 2.06. The molecule has 0 spiro atoms. The Morgan fingerprint density at radius 1 is 1.32 bits per heavy atom. The van der Waals surface area contributed by atoms with Gasteiger partial charge in [0.2, 0.25) is 5.95 Å². The molecule has 1 aromatic carbocycles. The molecule has 2 aromatic rings. The number of nitrogens with one attached hydrogen (secondary N) is 1. The van der Waals surface area contributed by atoms with Crippen molar-refractivity contribution in [2.24, 2.45) is 11.8 Å². The Morgan fingerprint density at radius 2 is 2.05 bits per heavy atom. The second-order valence-electron chi connectivity index (χ2n) is 4.93. The molecule has 102 valence electrons. The predicted molar refractivity (Wildman–Crippen MR) is 80.1 cm³/mol. The molecule has 19 heavy (non-hydrogen) atoms. The Hall–Kier alpha value is -1.88. The lowest BCUT2D eigenvalue weighted by atomic mass is 10.1. The van der Waals surface area contributed by atoms with Gasteiger partial charge in [-0.25, -0.2) is 10.8 Å². The Labute approximate surface area is 113 Å². The summed E-state index contributed by atoms with van der Waals surface area (Å²) in [4.78, 5) is 11.0. The summed E-state index contributed by atoms with van der Waals surface area (Å²) >= 11 is 0. The third-order valence-corrected chi connectivity index (χ3v) is 3.36. The third kappa shape index (κ3) is 2.93. The topological polar surface area (TPSA) is 67.1 Å². The van der Waals surface area contributed by atoms with E-state index in [9.17, 15) is 0 Å². The number of hydrazine groups is 1. The molecule has 1 atom stereocenters. The van der Waals surface area contributed by atoms with Crippen molar-refractivity contribution in [2.75, 3.05) is 23.9 Å². The van der Waals surface area contributed by atoms with Crippen molar-refractivity contribution in [3.63, 3.8) is 0 Å². The maximum atomic E-state index is 5.44. The van der Waals surface area contributed by atoms with Crippen LogP contribution < -0.4 is 16.2 Å². The molecule has 0 bridgehead atoms. The lowest BCUT2D eigenvalue weighted by Crippen LogP contribution is -2.25. The fourth-order valence-corrected chi connectivity index (χ4v) is 2.10. The Balaban J connectivity index is 2.45. The fourth-order valence-electron chi connectivity index (χ4n) is 2.10. The predicted octanol–water partition coefficient (Wildman–Crippen LogP) is 2.40. The van der Waals surface area contributed by atoms with Gasteiger partial charge in [0.1, 0.15) is 5.82 Å². The number of rotatable bonds is 5. The number of para-hydroxylation sites is 1. The van der Waals surface area contributed by atoms with E-state index in [1.54, 1.807) is 0 Å². The second kappa shape index (κ2) is 5.84. The summed E-state index contributed by atoms with van der Waals surface area (Å²) in [6, 6.07) is 7.98. The van der Waals surface area contributed by atoms with Crippen molar-refractivity contribution in [3.05, 3.63) is 24.3 Å². The van der Waals surface area contributed by atoms with Crippen LogP contribution in [0.1, 0.15) is 20.3 Å². The van der Waals surface area contributed by atoms with Crippen LogP contribution in [0.3, 0.4) is 0 Å². The van der Waals surface area contributed by atoms with E-state index in [4.69, 9.17) is 5.84 Å².